The second-order valence-corrected chi connectivity index (χ2v) is 6.12. The number of piperidine rings is 1. The van der Waals surface area contributed by atoms with Crippen molar-refractivity contribution in [1.82, 2.24) is 4.90 Å². The molecule has 20 heavy (non-hydrogen) atoms. The van der Waals surface area contributed by atoms with Gasteiger partial charge in [0.2, 0.25) is 0 Å². The molecule has 1 N–H and O–H groups in total. The summed E-state index contributed by atoms with van der Waals surface area (Å²) in [4.78, 5) is 13.6. The number of carbonyl (C=O) groups is 1. The van der Waals surface area contributed by atoms with Gasteiger partial charge in [-0.3, -0.25) is 4.90 Å². The zero-order chi connectivity index (χ0) is 14.3. The van der Waals surface area contributed by atoms with Crippen LogP contribution in [0.15, 0.2) is 24.3 Å². The first-order valence-electron chi connectivity index (χ1n) is 7.02. The number of carboxylic acids is 1. The van der Waals surface area contributed by atoms with E-state index in [2.05, 4.69) is 18.0 Å². The fraction of sp³-hybridized carbons (Fsp3) is 0.438. The van der Waals surface area contributed by atoms with Gasteiger partial charge < -0.3 is 5.11 Å². The standard InChI is InChI=1S/C16H18ClNO2/c1-18-12-3-2-4-13(18)8-11(7-12)10-5-6-15(17)14(9-10)16(19)20/h5-7,9,12-13H,2-4,8H2,1H3,(H,19,20). The van der Waals surface area contributed by atoms with Gasteiger partial charge in [0.1, 0.15) is 0 Å². The summed E-state index contributed by atoms with van der Waals surface area (Å²) >= 11 is 5.94. The molecule has 0 saturated carbocycles. The van der Waals surface area contributed by atoms with Gasteiger partial charge >= 0.3 is 5.97 Å². The van der Waals surface area contributed by atoms with Gasteiger partial charge in [0.25, 0.3) is 0 Å². The van der Waals surface area contributed by atoms with E-state index in [0.717, 1.165) is 12.0 Å². The minimum Gasteiger partial charge on any atom is -0.478 e. The van der Waals surface area contributed by atoms with Gasteiger partial charge in [-0.2, -0.15) is 0 Å². The van der Waals surface area contributed by atoms with Gasteiger partial charge in [0.15, 0.2) is 0 Å². The van der Waals surface area contributed by atoms with Gasteiger partial charge in [-0.1, -0.05) is 30.2 Å². The molecule has 1 fully saturated rings. The zero-order valence-electron chi connectivity index (χ0n) is 11.5. The molecule has 3 rings (SSSR count). The molecule has 2 atom stereocenters. The summed E-state index contributed by atoms with van der Waals surface area (Å²) < 4.78 is 0. The van der Waals surface area contributed by atoms with E-state index in [1.165, 1.54) is 24.8 Å². The summed E-state index contributed by atoms with van der Waals surface area (Å²) in [5.41, 5.74) is 2.45. The van der Waals surface area contributed by atoms with Crippen LogP contribution in [-0.2, 0) is 0 Å². The van der Waals surface area contributed by atoms with Gasteiger partial charge in [-0.05, 0) is 49.6 Å². The number of hydrogen-bond acceptors (Lipinski definition) is 2. The van der Waals surface area contributed by atoms with Crippen LogP contribution in [0, 0.1) is 0 Å². The SMILES string of the molecule is CN1C2C=C(c3ccc(Cl)c(C(=O)O)c3)CC1CCC2. The Morgan fingerprint density at radius 2 is 2.20 bits per heavy atom. The highest BCUT2D eigenvalue weighted by Gasteiger charge is 2.31. The van der Waals surface area contributed by atoms with Crippen molar-refractivity contribution in [3.63, 3.8) is 0 Å². The molecule has 2 bridgehead atoms. The Morgan fingerprint density at radius 1 is 1.40 bits per heavy atom. The highest BCUT2D eigenvalue weighted by Crippen LogP contribution is 2.36. The zero-order valence-corrected chi connectivity index (χ0v) is 12.2. The van der Waals surface area contributed by atoms with Crippen LogP contribution < -0.4 is 0 Å². The molecule has 1 aromatic carbocycles. The van der Waals surface area contributed by atoms with E-state index in [0.29, 0.717) is 17.1 Å². The molecule has 3 nitrogen and oxygen atoms in total. The van der Waals surface area contributed by atoms with Crippen LogP contribution >= 0.6 is 11.6 Å². The quantitative estimate of drug-likeness (QED) is 0.903. The largest absolute Gasteiger partial charge is 0.478 e. The maximum atomic E-state index is 11.2. The molecule has 106 valence electrons. The summed E-state index contributed by atoms with van der Waals surface area (Å²) in [6.45, 7) is 0. The van der Waals surface area contributed by atoms with Gasteiger partial charge in [-0.25, -0.2) is 4.79 Å². The summed E-state index contributed by atoms with van der Waals surface area (Å²) in [7, 11) is 2.19. The van der Waals surface area contributed by atoms with Crippen molar-refractivity contribution in [3.8, 4) is 0 Å². The Bertz CT molecular complexity index is 582. The topological polar surface area (TPSA) is 40.5 Å². The number of rotatable bonds is 2. The minimum atomic E-state index is -0.967. The molecule has 2 aliphatic heterocycles. The van der Waals surface area contributed by atoms with Crippen molar-refractivity contribution in [3.05, 3.63) is 40.4 Å². The first-order chi connectivity index (χ1) is 9.56. The molecule has 4 heteroatoms. The van der Waals surface area contributed by atoms with E-state index < -0.39 is 5.97 Å². The Kier molecular flexibility index (Phi) is 3.57. The second-order valence-electron chi connectivity index (χ2n) is 5.71. The van der Waals surface area contributed by atoms with Gasteiger partial charge in [-0.15, -0.1) is 0 Å². The lowest BCUT2D eigenvalue weighted by atomic mass is 9.83. The van der Waals surface area contributed by atoms with Crippen LogP contribution in [0.3, 0.4) is 0 Å². The van der Waals surface area contributed by atoms with Gasteiger partial charge in [0.05, 0.1) is 10.6 Å². The summed E-state index contributed by atoms with van der Waals surface area (Å²) in [5.74, 6) is -0.967. The predicted octanol–water partition coefficient (Wildman–Crippen LogP) is 3.68. The first kappa shape index (κ1) is 13.7. The van der Waals surface area contributed by atoms with Crippen molar-refractivity contribution in [1.29, 1.82) is 0 Å². The number of carboxylic acid groups (broad SMARTS) is 1. The number of halogens is 1. The van der Waals surface area contributed by atoms with Crippen molar-refractivity contribution >= 4 is 23.1 Å². The fourth-order valence-corrected chi connectivity index (χ4v) is 3.54. The molecule has 2 aliphatic rings. The smallest absolute Gasteiger partial charge is 0.337 e. The average molecular weight is 292 g/mol. The molecule has 2 unspecified atom stereocenters. The summed E-state index contributed by atoms with van der Waals surface area (Å²) in [6.07, 6.45) is 6.99. The molecule has 0 radical (unpaired) electrons. The molecule has 0 spiro atoms. The third-order valence-electron chi connectivity index (χ3n) is 4.55. The molecular formula is C16H18ClNO2. The lowest BCUT2D eigenvalue weighted by Gasteiger charge is -2.42. The Morgan fingerprint density at radius 3 is 2.90 bits per heavy atom. The number of fused-ring (bicyclic) bond motifs is 2. The van der Waals surface area contributed by atoms with Gasteiger partial charge in [0, 0.05) is 12.1 Å². The van der Waals surface area contributed by atoms with Crippen LogP contribution in [-0.4, -0.2) is 35.1 Å². The molecular weight excluding hydrogens is 274 g/mol. The molecule has 0 amide bonds. The highest BCUT2D eigenvalue weighted by molar-refractivity contribution is 6.33. The lowest BCUT2D eigenvalue weighted by molar-refractivity contribution is 0.0697. The fourth-order valence-electron chi connectivity index (χ4n) is 3.34. The number of aromatic carboxylic acids is 1. The van der Waals surface area contributed by atoms with Crippen molar-refractivity contribution in [2.75, 3.05) is 7.05 Å². The van der Waals surface area contributed by atoms with E-state index in [4.69, 9.17) is 11.6 Å². The molecule has 0 aromatic heterocycles. The van der Waals surface area contributed by atoms with Crippen LogP contribution in [0.5, 0.6) is 0 Å². The average Bonchev–Trinajstić information content (AvgIpc) is 2.38. The number of hydrogen-bond donors (Lipinski definition) is 1. The normalized spacial score (nSPS) is 26.2. The van der Waals surface area contributed by atoms with E-state index in [1.54, 1.807) is 12.1 Å². The third-order valence-corrected chi connectivity index (χ3v) is 4.88. The Labute approximate surface area is 123 Å². The van der Waals surface area contributed by atoms with E-state index in [9.17, 15) is 9.90 Å². The van der Waals surface area contributed by atoms with Crippen molar-refractivity contribution in [2.45, 2.75) is 37.8 Å². The second kappa shape index (κ2) is 5.23. The third kappa shape index (κ3) is 2.36. The first-order valence-corrected chi connectivity index (χ1v) is 7.40. The van der Waals surface area contributed by atoms with Crippen molar-refractivity contribution < 1.29 is 9.90 Å². The summed E-state index contributed by atoms with van der Waals surface area (Å²) in [6, 6.07) is 6.40. The molecule has 1 aromatic rings. The molecule has 0 aliphatic carbocycles. The molecule has 2 heterocycles. The van der Waals surface area contributed by atoms with E-state index in [1.807, 2.05) is 6.07 Å². The maximum Gasteiger partial charge on any atom is 0.337 e. The Hall–Kier alpha value is -1.32. The highest BCUT2D eigenvalue weighted by atomic mass is 35.5. The number of benzene rings is 1. The van der Waals surface area contributed by atoms with Crippen LogP contribution in [0.2, 0.25) is 5.02 Å². The predicted molar refractivity (Wildman–Crippen MR) is 80.2 cm³/mol. The van der Waals surface area contributed by atoms with Crippen LogP contribution in [0.25, 0.3) is 5.57 Å². The monoisotopic (exact) mass is 291 g/mol. The number of likely N-dealkylation sites (N-methyl/N-ethyl adjacent to an activating group) is 1. The maximum absolute atomic E-state index is 11.2. The summed E-state index contributed by atoms with van der Waals surface area (Å²) in [5, 5.41) is 9.48. The number of nitrogens with zero attached hydrogens (tertiary/aromatic N) is 1. The van der Waals surface area contributed by atoms with Crippen LogP contribution in [0.1, 0.15) is 41.6 Å². The minimum absolute atomic E-state index is 0.189. The van der Waals surface area contributed by atoms with Crippen LogP contribution in [0.4, 0.5) is 0 Å². The van der Waals surface area contributed by atoms with E-state index >= 15 is 0 Å². The lowest BCUT2D eigenvalue weighted by Crippen LogP contribution is -2.45. The Balaban J connectivity index is 1.97. The molecule has 1 saturated heterocycles. The van der Waals surface area contributed by atoms with E-state index in [-0.39, 0.29) is 5.56 Å². The van der Waals surface area contributed by atoms with Crippen molar-refractivity contribution in [2.24, 2.45) is 0 Å².